The van der Waals surface area contributed by atoms with Crippen molar-refractivity contribution >= 4 is 23.5 Å². The van der Waals surface area contributed by atoms with Crippen molar-refractivity contribution in [1.82, 2.24) is 4.90 Å². The van der Waals surface area contributed by atoms with Gasteiger partial charge in [0.15, 0.2) is 0 Å². The molecule has 0 aliphatic carbocycles. The Morgan fingerprint density at radius 2 is 1.82 bits per heavy atom. The summed E-state index contributed by atoms with van der Waals surface area (Å²) in [6.07, 6.45) is 9.38. The highest BCUT2D eigenvalue weighted by Gasteiger charge is 2.76. The predicted octanol–water partition coefficient (Wildman–Crippen LogP) is 2.87. The van der Waals surface area contributed by atoms with E-state index in [1.54, 1.807) is 36.3 Å². The minimum Gasteiger partial charge on any atom is -0.497 e. The first-order valence-electron chi connectivity index (χ1n) is 13.8. The summed E-state index contributed by atoms with van der Waals surface area (Å²) in [4.78, 5) is 45.8. The number of methoxy groups -OCH3 is 1. The fourth-order valence-corrected chi connectivity index (χ4v) is 6.79. The van der Waals surface area contributed by atoms with Gasteiger partial charge in [0.1, 0.15) is 28.9 Å². The van der Waals surface area contributed by atoms with Gasteiger partial charge in [-0.1, -0.05) is 45.1 Å². The second-order valence-corrected chi connectivity index (χ2v) is 11.1. The number of ether oxygens (including phenoxy) is 3. The van der Waals surface area contributed by atoms with Crippen LogP contribution in [0.15, 0.2) is 48.6 Å². The zero-order valence-electron chi connectivity index (χ0n) is 23.0. The molecule has 0 saturated carbocycles. The van der Waals surface area contributed by atoms with Crippen LogP contribution in [0.25, 0.3) is 0 Å². The Labute approximate surface area is 229 Å². The van der Waals surface area contributed by atoms with Gasteiger partial charge in [0.2, 0.25) is 5.91 Å². The number of esters is 1. The molecule has 4 aliphatic heterocycles. The normalized spacial score (nSPS) is 33.9. The van der Waals surface area contributed by atoms with E-state index in [0.29, 0.717) is 30.7 Å². The highest BCUT2D eigenvalue weighted by molar-refractivity contribution is 6.05. The first-order valence-corrected chi connectivity index (χ1v) is 13.8. The number of likely N-dealkylation sites (tertiary alicyclic amines) is 1. The van der Waals surface area contributed by atoms with Crippen molar-refractivity contribution in [2.75, 3.05) is 31.8 Å². The molecule has 2 saturated heterocycles. The number of anilines is 1. The van der Waals surface area contributed by atoms with E-state index in [0.717, 1.165) is 0 Å². The number of aliphatic hydroxyl groups excluding tert-OH is 1. The molecule has 210 valence electrons. The summed E-state index contributed by atoms with van der Waals surface area (Å²) < 4.78 is 17.9. The molecule has 2 fully saturated rings. The largest absolute Gasteiger partial charge is 0.497 e. The van der Waals surface area contributed by atoms with Gasteiger partial charge in [0, 0.05) is 12.2 Å². The minimum atomic E-state index is -1.40. The standard InChI is InChI=1S/C30H38N2O7/c1-5-29-14-7-6-8-17-38-28(36)24(29)23-26(34)32(22(18-33)19(2)3)25-27(35)31(16-9-15-30(23,25)39-29)20-10-12-21(37-4)13-11-20/h7,9-15,19,22-25,33H,5-6,8,16-18H2,1-4H3/b14-7-/t22-,23-,24+,25?,29-,30-/m0/s1. The van der Waals surface area contributed by atoms with E-state index in [1.165, 1.54) is 4.90 Å². The maximum absolute atomic E-state index is 14.6. The summed E-state index contributed by atoms with van der Waals surface area (Å²) in [5.74, 6) is -2.56. The van der Waals surface area contributed by atoms with Gasteiger partial charge in [-0.05, 0) is 49.4 Å². The van der Waals surface area contributed by atoms with Crippen molar-refractivity contribution in [1.29, 1.82) is 0 Å². The molecule has 1 aromatic carbocycles. The van der Waals surface area contributed by atoms with Crippen molar-refractivity contribution < 1.29 is 33.7 Å². The van der Waals surface area contributed by atoms with Crippen LogP contribution < -0.4 is 9.64 Å². The predicted molar refractivity (Wildman–Crippen MR) is 144 cm³/mol. The monoisotopic (exact) mass is 538 g/mol. The number of hydrogen-bond donors (Lipinski definition) is 1. The molecule has 6 atom stereocenters. The molecule has 9 nitrogen and oxygen atoms in total. The summed E-state index contributed by atoms with van der Waals surface area (Å²) in [5, 5.41) is 10.4. The van der Waals surface area contributed by atoms with Crippen LogP contribution in [0.2, 0.25) is 0 Å². The van der Waals surface area contributed by atoms with E-state index < -0.39 is 41.1 Å². The van der Waals surface area contributed by atoms with Crippen LogP contribution in [0, 0.1) is 17.8 Å². The van der Waals surface area contributed by atoms with E-state index in [4.69, 9.17) is 14.2 Å². The molecule has 1 unspecified atom stereocenters. The number of hydrogen-bond acceptors (Lipinski definition) is 7. The average molecular weight is 539 g/mol. The number of allylic oxidation sites excluding steroid dienone is 1. The van der Waals surface area contributed by atoms with Gasteiger partial charge in [-0.3, -0.25) is 14.4 Å². The number of carbonyl (C=O) groups excluding carboxylic acids is 3. The van der Waals surface area contributed by atoms with Gasteiger partial charge < -0.3 is 29.1 Å². The van der Waals surface area contributed by atoms with Gasteiger partial charge in [0.05, 0.1) is 32.3 Å². The van der Waals surface area contributed by atoms with Gasteiger partial charge in [-0.15, -0.1) is 0 Å². The molecule has 4 aliphatic rings. The second-order valence-electron chi connectivity index (χ2n) is 11.1. The topological polar surface area (TPSA) is 106 Å². The molecule has 0 aromatic heterocycles. The van der Waals surface area contributed by atoms with Crippen LogP contribution in [0.5, 0.6) is 5.75 Å². The average Bonchev–Trinajstić information content (AvgIpc) is 3.31. The molecule has 1 spiro atoms. The van der Waals surface area contributed by atoms with Crippen LogP contribution in [-0.4, -0.2) is 77.9 Å². The zero-order chi connectivity index (χ0) is 27.9. The number of fused-ring (bicyclic) bond motifs is 2. The highest BCUT2D eigenvalue weighted by Crippen LogP contribution is 2.58. The third-order valence-corrected chi connectivity index (χ3v) is 8.77. The first-order chi connectivity index (χ1) is 18.7. The summed E-state index contributed by atoms with van der Waals surface area (Å²) in [6, 6.07) is 5.45. The number of nitrogens with zero attached hydrogens (tertiary/aromatic N) is 2. The number of carbonyl (C=O) groups is 3. The van der Waals surface area contributed by atoms with Crippen LogP contribution >= 0.6 is 0 Å². The number of aliphatic hydroxyl groups is 1. The van der Waals surface area contributed by atoms with Crippen LogP contribution in [0.3, 0.4) is 0 Å². The van der Waals surface area contributed by atoms with Crippen molar-refractivity contribution in [3.63, 3.8) is 0 Å². The second kappa shape index (κ2) is 10.4. The lowest BCUT2D eigenvalue weighted by molar-refractivity contribution is -0.161. The molecular weight excluding hydrogens is 500 g/mol. The van der Waals surface area contributed by atoms with E-state index in [1.807, 2.05) is 45.1 Å². The number of benzene rings is 1. The maximum atomic E-state index is 14.6. The van der Waals surface area contributed by atoms with Crippen LogP contribution in [0.4, 0.5) is 5.69 Å². The van der Waals surface area contributed by atoms with Gasteiger partial charge >= 0.3 is 5.97 Å². The lowest BCUT2D eigenvalue weighted by Gasteiger charge is -2.41. The van der Waals surface area contributed by atoms with E-state index in [9.17, 15) is 19.5 Å². The van der Waals surface area contributed by atoms with Crippen LogP contribution in [0.1, 0.15) is 40.0 Å². The number of cyclic esters (lactones) is 1. The summed E-state index contributed by atoms with van der Waals surface area (Å²) in [5.41, 5.74) is -1.85. The Bertz CT molecular complexity index is 1180. The molecule has 2 amide bonds. The van der Waals surface area contributed by atoms with Crippen LogP contribution in [-0.2, 0) is 23.9 Å². The SMILES string of the molecule is CC[C@]12/C=C\CCCOC(=O)[C@H]1[C@H]1C(=O)N([C@@H](CO)C(C)C)C3C(=O)N(c4ccc(OC)cc4)CC=C[C@@]31O2. The quantitative estimate of drug-likeness (QED) is 0.439. The lowest BCUT2D eigenvalue weighted by atomic mass is 9.73. The molecular formula is C30H38N2O7. The zero-order valence-corrected chi connectivity index (χ0v) is 23.0. The van der Waals surface area contributed by atoms with Crippen molar-refractivity contribution in [3.05, 3.63) is 48.6 Å². The lowest BCUT2D eigenvalue weighted by Crippen LogP contribution is -2.60. The van der Waals surface area contributed by atoms with E-state index in [2.05, 4.69) is 0 Å². The number of amides is 2. The minimum absolute atomic E-state index is 0.146. The molecule has 1 N–H and O–H groups in total. The van der Waals surface area contributed by atoms with Gasteiger partial charge in [-0.2, -0.15) is 0 Å². The van der Waals surface area contributed by atoms with Crippen molar-refractivity contribution in [3.8, 4) is 5.75 Å². The third-order valence-electron chi connectivity index (χ3n) is 8.77. The van der Waals surface area contributed by atoms with E-state index >= 15 is 0 Å². The summed E-state index contributed by atoms with van der Waals surface area (Å²) in [7, 11) is 1.58. The fourth-order valence-electron chi connectivity index (χ4n) is 6.79. The Morgan fingerprint density at radius 3 is 2.46 bits per heavy atom. The maximum Gasteiger partial charge on any atom is 0.313 e. The Morgan fingerprint density at radius 1 is 1.08 bits per heavy atom. The van der Waals surface area contributed by atoms with Crippen molar-refractivity contribution in [2.24, 2.45) is 17.8 Å². The fraction of sp³-hybridized carbons (Fsp3) is 0.567. The molecule has 39 heavy (non-hydrogen) atoms. The number of rotatable bonds is 6. The summed E-state index contributed by atoms with van der Waals surface area (Å²) in [6.45, 7) is 5.93. The molecule has 0 radical (unpaired) electrons. The van der Waals surface area contributed by atoms with Gasteiger partial charge in [0.25, 0.3) is 5.91 Å². The third kappa shape index (κ3) is 4.17. The van der Waals surface area contributed by atoms with E-state index in [-0.39, 0.29) is 37.5 Å². The summed E-state index contributed by atoms with van der Waals surface area (Å²) >= 11 is 0. The molecule has 1 aromatic rings. The molecule has 4 heterocycles. The Hall–Kier alpha value is -3.17. The Balaban J connectivity index is 1.69. The highest BCUT2D eigenvalue weighted by atomic mass is 16.6. The Kier molecular flexibility index (Phi) is 7.33. The molecule has 9 heteroatoms. The smallest absolute Gasteiger partial charge is 0.313 e. The van der Waals surface area contributed by atoms with Crippen molar-refractivity contribution in [2.45, 2.75) is 63.3 Å². The molecule has 5 rings (SSSR count). The first kappa shape index (κ1) is 27.4. The molecule has 0 bridgehead atoms. The van der Waals surface area contributed by atoms with Gasteiger partial charge in [-0.25, -0.2) is 0 Å².